The molecule has 30 heavy (non-hydrogen) atoms. The van der Waals surface area contributed by atoms with Gasteiger partial charge in [-0.05, 0) is 18.1 Å². The number of hydrogen-bond acceptors (Lipinski definition) is 7. The van der Waals surface area contributed by atoms with Gasteiger partial charge in [-0.2, -0.15) is 5.10 Å². The zero-order valence-electron chi connectivity index (χ0n) is 16.8. The van der Waals surface area contributed by atoms with Crippen molar-refractivity contribution in [2.24, 2.45) is 5.92 Å². The van der Waals surface area contributed by atoms with Crippen molar-refractivity contribution in [1.29, 1.82) is 0 Å². The number of benzene rings is 1. The van der Waals surface area contributed by atoms with Gasteiger partial charge in [0.15, 0.2) is 5.78 Å². The number of para-hydroxylation sites is 1. The first-order valence-electron chi connectivity index (χ1n) is 9.66. The maximum atomic E-state index is 12.7. The molecule has 1 aliphatic carbocycles. The molecule has 2 atom stereocenters. The van der Waals surface area contributed by atoms with Crippen molar-refractivity contribution in [3.63, 3.8) is 0 Å². The van der Waals surface area contributed by atoms with Crippen LogP contribution in [0.2, 0.25) is 0 Å². The molecule has 8 nitrogen and oxygen atoms in total. The van der Waals surface area contributed by atoms with Crippen LogP contribution in [0.1, 0.15) is 53.3 Å². The lowest BCUT2D eigenvalue weighted by atomic mass is 9.87. The van der Waals surface area contributed by atoms with Gasteiger partial charge >= 0.3 is 12.1 Å². The van der Waals surface area contributed by atoms with Crippen molar-refractivity contribution >= 4 is 33.8 Å². The molecule has 3 rings (SSSR count). The van der Waals surface area contributed by atoms with E-state index in [0.717, 1.165) is 5.69 Å². The summed E-state index contributed by atoms with van der Waals surface area (Å²) in [5.74, 6) is 0.0943. The predicted molar refractivity (Wildman–Crippen MR) is 111 cm³/mol. The minimum Gasteiger partial charge on any atom is -0.466 e. The molecule has 1 aromatic heterocycles. The summed E-state index contributed by atoms with van der Waals surface area (Å²) < 4.78 is 17.0. The second kappa shape index (κ2) is 9.88. The molecule has 0 saturated heterocycles. The summed E-state index contributed by atoms with van der Waals surface area (Å²) in [6.45, 7) is 3.89. The third-order valence-electron chi connectivity index (χ3n) is 4.70. The van der Waals surface area contributed by atoms with Crippen LogP contribution in [0.4, 0.5) is 4.79 Å². The summed E-state index contributed by atoms with van der Waals surface area (Å²) in [5, 5.41) is 4.52. The first-order chi connectivity index (χ1) is 14.4. The molecule has 1 aromatic carbocycles. The Hall–Kier alpha value is -2.68. The molecule has 2 aromatic rings. The van der Waals surface area contributed by atoms with Gasteiger partial charge in [-0.15, -0.1) is 0 Å². The highest BCUT2D eigenvalue weighted by molar-refractivity contribution is 9.09. The van der Waals surface area contributed by atoms with Gasteiger partial charge in [-0.3, -0.25) is 14.3 Å². The van der Waals surface area contributed by atoms with Crippen LogP contribution in [0.15, 0.2) is 30.3 Å². The zero-order chi connectivity index (χ0) is 21.7. The van der Waals surface area contributed by atoms with Crippen LogP contribution >= 0.6 is 15.9 Å². The number of rotatable bonds is 7. The third kappa shape index (κ3) is 5.27. The Morgan fingerprint density at radius 1 is 1.23 bits per heavy atom. The smallest absolute Gasteiger partial charge is 0.466 e. The Morgan fingerprint density at radius 2 is 1.97 bits per heavy atom. The van der Waals surface area contributed by atoms with E-state index in [1.54, 1.807) is 28.9 Å². The van der Waals surface area contributed by atoms with Crippen LogP contribution in [-0.4, -0.2) is 34.3 Å². The predicted octanol–water partition coefficient (Wildman–Crippen LogP) is 4.21. The average molecular weight is 479 g/mol. The van der Waals surface area contributed by atoms with Crippen LogP contribution in [-0.2, 0) is 27.4 Å². The third-order valence-corrected chi connectivity index (χ3v) is 6.04. The Labute approximate surface area is 182 Å². The maximum Gasteiger partial charge on any atom is 0.514 e. The number of esters is 1. The minimum absolute atomic E-state index is 0.0329. The molecule has 0 saturated carbocycles. The van der Waals surface area contributed by atoms with Gasteiger partial charge in [0.2, 0.25) is 0 Å². The minimum atomic E-state index is -0.869. The Bertz CT molecular complexity index is 927. The van der Waals surface area contributed by atoms with Crippen LogP contribution < -0.4 is 4.74 Å². The number of ketones is 1. The molecule has 1 aliphatic rings. The van der Waals surface area contributed by atoms with Crippen LogP contribution in [0.25, 0.3) is 0 Å². The molecule has 0 amide bonds. The Balaban J connectivity index is 1.74. The first kappa shape index (κ1) is 22.0. The van der Waals surface area contributed by atoms with Crippen LogP contribution in [0.5, 0.6) is 5.75 Å². The highest BCUT2D eigenvalue weighted by Gasteiger charge is 2.36. The molecule has 2 unspecified atom stereocenters. The number of fused-ring (bicyclic) bond motifs is 1. The fourth-order valence-electron chi connectivity index (χ4n) is 3.32. The van der Waals surface area contributed by atoms with Crippen molar-refractivity contribution < 1.29 is 28.6 Å². The molecular weight excluding hydrogens is 456 g/mol. The number of alkyl halides is 1. The highest BCUT2D eigenvalue weighted by atomic mass is 79.9. The summed E-state index contributed by atoms with van der Waals surface area (Å²) in [6, 6.07) is 8.57. The lowest BCUT2D eigenvalue weighted by Crippen LogP contribution is -2.23. The van der Waals surface area contributed by atoms with Crippen molar-refractivity contribution in [3.8, 4) is 5.75 Å². The highest BCUT2D eigenvalue weighted by Crippen LogP contribution is 2.41. The fourth-order valence-corrected chi connectivity index (χ4v) is 3.97. The zero-order valence-corrected chi connectivity index (χ0v) is 18.4. The number of halogens is 1. The molecule has 0 spiro atoms. The van der Waals surface area contributed by atoms with E-state index < -0.39 is 6.16 Å². The van der Waals surface area contributed by atoms with E-state index in [2.05, 4.69) is 21.0 Å². The number of Topliss-reactive ketones (excluding diaryl/α,β-unsaturated/α-hetero) is 1. The second-order valence-corrected chi connectivity index (χ2v) is 8.07. The molecule has 0 aliphatic heterocycles. The number of aryl methyl sites for hydroxylation is 1. The fraction of sp³-hybridized carbons (Fsp3) is 0.429. The standard InChI is InChI=1S/C21H23BrN2O6/c1-13-11-17(26)18-16(12-29-21(27)30-15-7-4-3-5-8-15)23-24(20(18)19(13)22)9-6-10-28-14(2)25/h3-5,7-8,13,19H,6,9-12H2,1-2H3. The summed E-state index contributed by atoms with van der Waals surface area (Å²) in [4.78, 5) is 35.6. The monoisotopic (exact) mass is 478 g/mol. The molecule has 1 heterocycles. The number of carbonyl (C=O) groups is 3. The summed E-state index contributed by atoms with van der Waals surface area (Å²) in [5.41, 5.74) is 1.63. The van der Waals surface area contributed by atoms with Crippen molar-refractivity contribution in [1.82, 2.24) is 9.78 Å². The van der Waals surface area contributed by atoms with Crippen molar-refractivity contribution in [2.75, 3.05) is 6.61 Å². The van der Waals surface area contributed by atoms with Crippen LogP contribution in [0, 0.1) is 5.92 Å². The number of nitrogens with zero attached hydrogens (tertiary/aromatic N) is 2. The lowest BCUT2D eigenvalue weighted by Gasteiger charge is -2.25. The van der Waals surface area contributed by atoms with Gasteiger partial charge in [0.05, 0.1) is 22.7 Å². The van der Waals surface area contributed by atoms with E-state index in [9.17, 15) is 14.4 Å². The average Bonchev–Trinajstić information content (AvgIpc) is 3.08. The summed E-state index contributed by atoms with van der Waals surface area (Å²) in [6.07, 6.45) is 0.0573. The van der Waals surface area contributed by atoms with E-state index in [1.807, 2.05) is 13.0 Å². The van der Waals surface area contributed by atoms with Gasteiger partial charge in [0, 0.05) is 26.3 Å². The van der Waals surface area contributed by atoms with Gasteiger partial charge in [0.25, 0.3) is 0 Å². The van der Waals surface area contributed by atoms with E-state index in [0.29, 0.717) is 36.4 Å². The topological polar surface area (TPSA) is 96.7 Å². The second-order valence-electron chi connectivity index (χ2n) is 7.08. The van der Waals surface area contributed by atoms with E-state index in [4.69, 9.17) is 14.2 Å². The Kier molecular flexibility index (Phi) is 7.25. The summed E-state index contributed by atoms with van der Waals surface area (Å²) in [7, 11) is 0. The number of aromatic nitrogens is 2. The first-order valence-corrected chi connectivity index (χ1v) is 10.6. The number of ether oxygens (including phenoxy) is 3. The molecule has 160 valence electrons. The molecule has 9 heteroatoms. The van der Waals surface area contributed by atoms with E-state index in [-0.39, 0.29) is 35.7 Å². The normalized spacial score (nSPS) is 17.9. The maximum absolute atomic E-state index is 12.7. The van der Waals surface area contributed by atoms with Crippen molar-refractivity contribution in [2.45, 2.75) is 44.7 Å². The van der Waals surface area contributed by atoms with Gasteiger partial charge < -0.3 is 14.2 Å². The van der Waals surface area contributed by atoms with Gasteiger partial charge in [0.1, 0.15) is 18.1 Å². The molecular formula is C21H23BrN2O6. The van der Waals surface area contributed by atoms with Crippen molar-refractivity contribution in [3.05, 3.63) is 47.3 Å². The van der Waals surface area contributed by atoms with Gasteiger partial charge in [-0.1, -0.05) is 41.1 Å². The number of hydrogen-bond donors (Lipinski definition) is 0. The largest absolute Gasteiger partial charge is 0.514 e. The molecule has 0 bridgehead atoms. The summed E-state index contributed by atoms with van der Waals surface area (Å²) >= 11 is 3.67. The van der Waals surface area contributed by atoms with E-state index >= 15 is 0 Å². The van der Waals surface area contributed by atoms with Gasteiger partial charge in [-0.25, -0.2) is 4.79 Å². The molecule has 0 fully saturated rings. The number of carbonyl (C=O) groups excluding carboxylic acids is 3. The SMILES string of the molecule is CC(=O)OCCCn1nc(COC(=O)Oc2ccccc2)c2c1C(Br)C(C)CC2=O. The quantitative estimate of drug-likeness (QED) is 0.254. The lowest BCUT2D eigenvalue weighted by molar-refractivity contribution is -0.141. The Morgan fingerprint density at radius 3 is 2.67 bits per heavy atom. The molecule has 0 N–H and O–H groups in total. The van der Waals surface area contributed by atoms with Crippen LogP contribution in [0.3, 0.4) is 0 Å². The van der Waals surface area contributed by atoms with E-state index in [1.165, 1.54) is 6.92 Å². The molecule has 0 radical (unpaired) electrons.